The molecule has 0 radical (unpaired) electrons. The Bertz CT molecular complexity index is 684. The van der Waals surface area contributed by atoms with E-state index >= 15 is 0 Å². The van der Waals surface area contributed by atoms with Crippen LogP contribution in [0.5, 0.6) is 0 Å². The van der Waals surface area contributed by atoms with E-state index in [0.717, 1.165) is 4.31 Å². The van der Waals surface area contributed by atoms with Crippen LogP contribution in [0, 0.1) is 6.92 Å². The standard InChI is InChI=1S/C11H13ClN4O2S/c1-8-13-11(15-14-8)7-16(2)19(17,18)10-6-4-3-5-9(10)12/h3-6H,7H2,1-2H3,(H,13,14,15). The zero-order valence-electron chi connectivity index (χ0n) is 10.5. The molecule has 8 heteroatoms. The molecule has 6 nitrogen and oxygen atoms in total. The van der Waals surface area contributed by atoms with Crippen LogP contribution in [0.4, 0.5) is 0 Å². The summed E-state index contributed by atoms with van der Waals surface area (Å²) in [5.74, 6) is 1.05. The topological polar surface area (TPSA) is 79.0 Å². The molecule has 2 rings (SSSR count). The van der Waals surface area contributed by atoms with Gasteiger partial charge in [0.2, 0.25) is 10.0 Å². The summed E-state index contributed by atoms with van der Waals surface area (Å²) in [6, 6.07) is 6.32. The third-order valence-electron chi connectivity index (χ3n) is 2.53. The molecule has 0 saturated carbocycles. The van der Waals surface area contributed by atoms with Crippen molar-refractivity contribution in [2.24, 2.45) is 0 Å². The van der Waals surface area contributed by atoms with Crippen molar-refractivity contribution in [1.82, 2.24) is 19.5 Å². The van der Waals surface area contributed by atoms with E-state index in [-0.39, 0.29) is 16.5 Å². The van der Waals surface area contributed by atoms with Crippen molar-refractivity contribution < 1.29 is 8.42 Å². The number of nitrogens with zero attached hydrogens (tertiary/aromatic N) is 3. The Morgan fingerprint density at radius 3 is 2.63 bits per heavy atom. The molecule has 102 valence electrons. The zero-order valence-corrected chi connectivity index (χ0v) is 12.0. The summed E-state index contributed by atoms with van der Waals surface area (Å²) in [4.78, 5) is 4.15. The van der Waals surface area contributed by atoms with Crippen molar-refractivity contribution >= 4 is 21.6 Å². The molecule has 19 heavy (non-hydrogen) atoms. The smallest absolute Gasteiger partial charge is 0.244 e. The van der Waals surface area contributed by atoms with Crippen molar-refractivity contribution in [2.75, 3.05) is 7.05 Å². The Morgan fingerprint density at radius 2 is 2.05 bits per heavy atom. The number of sulfonamides is 1. The number of hydrogen-bond acceptors (Lipinski definition) is 4. The van der Waals surface area contributed by atoms with Gasteiger partial charge in [-0.1, -0.05) is 23.7 Å². The molecule has 1 aromatic heterocycles. The van der Waals surface area contributed by atoms with E-state index < -0.39 is 10.0 Å². The molecule has 0 amide bonds. The highest BCUT2D eigenvalue weighted by atomic mass is 35.5. The van der Waals surface area contributed by atoms with Crippen LogP contribution in [0.3, 0.4) is 0 Å². The molecule has 0 aliphatic rings. The maximum absolute atomic E-state index is 12.3. The Labute approximate surface area is 116 Å². The van der Waals surface area contributed by atoms with E-state index in [9.17, 15) is 8.42 Å². The summed E-state index contributed by atoms with van der Waals surface area (Å²) in [6.07, 6.45) is 0. The van der Waals surface area contributed by atoms with Crippen molar-refractivity contribution in [2.45, 2.75) is 18.4 Å². The van der Waals surface area contributed by atoms with Crippen LogP contribution in [-0.4, -0.2) is 35.0 Å². The number of aromatic amines is 1. The molecule has 0 bridgehead atoms. The fourth-order valence-corrected chi connectivity index (χ4v) is 3.18. The SMILES string of the molecule is Cc1nc(CN(C)S(=O)(=O)c2ccccc2Cl)n[nH]1. The second-order valence-corrected chi connectivity index (χ2v) is 6.45. The number of aryl methyl sites for hydroxylation is 1. The lowest BCUT2D eigenvalue weighted by molar-refractivity contribution is 0.457. The first-order chi connectivity index (χ1) is 8.91. The lowest BCUT2D eigenvalue weighted by Crippen LogP contribution is -2.27. The van der Waals surface area contributed by atoms with Gasteiger partial charge in [-0.2, -0.15) is 9.40 Å². The fraction of sp³-hybridized carbons (Fsp3) is 0.273. The van der Waals surface area contributed by atoms with Crippen molar-refractivity contribution in [3.8, 4) is 0 Å². The second-order valence-electron chi connectivity index (χ2n) is 4.03. The quantitative estimate of drug-likeness (QED) is 0.930. The lowest BCUT2D eigenvalue weighted by Gasteiger charge is -2.16. The van der Waals surface area contributed by atoms with E-state index in [2.05, 4.69) is 15.2 Å². The Balaban J connectivity index is 2.27. The molecule has 0 aliphatic carbocycles. The Kier molecular flexibility index (Phi) is 3.88. The third kappa shape index (κ3) is 2.94. The number of rotatable bonds is 4. The highest BCUT2D eigenvalue weighted by Gasteiger charge is 2.24. The summed E-state index contributed by atoms with van der Waals surface area (Å²) >= 11 is 5.92. The molecular weight excluding hydrogens is 288 g/mol. The van der Waals surface area contributed by atoms with Gasteiger partial charge in [0.15, 0.2) is 5.82 Å². The van der Waals surface area contributed by atoms with E-state index in [1.165, 1.54) is 13.1 Å². The molecule has 0 spiro atoms. The fourth-order valence-electron chi connectivity index (χ4n) is 1.57. The van der Waals surface area contributed by atoms with Crippen molar-refractivity contribution in [3.05, 3.63) is 40.9 Å². The first-order valence-corrected chi connectivity index (χ1v) is 7.32. The summed E-state index contributed by atoms with van der Waals surface area (Å²) in [6.45, 7) is 1.83. The summed E-state index contributed by atoms with van der Waals surface area (Å²) in [5, 5.41) is 6.77. The first kappa shape index (κ1) is 14.0. The molecule has 1 N–H and O–H groups in total. The molecule has 0 aliphatic heterocycles. The average Bonchev–Trinajstić information content (AvgIpc) is 2.75. The number of hydrogen-bond donors (Lipinski definition) is 1. The first-order valence-electron chi connectivity index (χ1n) is 5.50. The molecular formula is C11H13ClN4O2S. The van der Waals surface area contributed by atoms with Gasteiger partial charge < -0.3 is 0 Å². The highest BCUT2D eigenvalue weighted by molar-refractivity contribution is 7.89. The molecule has 1 aromatic carbocycles. The van der Waals surface area contributed by atoms with Crippen LogP contribution in [-0.2, 0) is 16.6 Å². The van der Waals surface area contributed by atoms with Crippen LogP contribution >= 0.6 is 11.6 Å². The number of halogens is 1. The van der Waals surface area contributed by atoms with E-state index in [1.54, 1.807) is 25.1 Å². The number of nitrogens with one attached hydrogen (secondary N) is 1. The molecule has 0 fully saturated rings. The number of aromatic nitrogens is 3. The number of benzene rings is 1. The van der Waals surface area contributed by atoms with Crippen molar-refractivity contribution in [1.29, 1.82) is 0 Å². The highest BCUT2D eigenvalue weighted by Crippen LogP contribution is 2.23. The van der Waals surface area contributed by atoms with Crippen LogP contribution in [0.25, 0.3) is 0 Å². The minimum Gasteiger partial charge on any atom is -0.263 e. The summed E-state index contributed by atoms with van der Waals surface area (Å²) in [5.41, 5.74) is 0. The van der Waals surface area contributed by atoms with Gasteiger partial charge >= 0.3 is 0 Å². The van der Waals surface area contributed by atoms with Gasteiger partial charge in [-0.25, -0.2) is 13.4 Å². The van der Waals surface area contributed by atoms with Gasteiger partial charge in [-0.05, 0) is 19.1 Å². The Morgan fingerprint density at radius 1 is 1.37 bits per heavy atom. The predicted octanol–water partition coefficient (Wildman–Crippen LogP) is 1.59. The van der Waals surface area contributed by atoms with Crippen LogP contribution in [0.1, 0.15) is 11.6 Å². The van der Waals surface area contributed by atoms with Gasteiger partial charge in [-0.15, -0.1) is 0 Å². The zero-order chi connectivity index (χ0) is 14.0. The van der Waals surface area contributed by atoms with E-state index in [4.69, 9.17) is 11.6 Å². The maximum Gasteiger partial charge on any atom is 0.244 e. The summed E-state index contributed by atoms with van der Waals surface area (Å²) in [7, 11) is -2.19. The van der Waals surface area contributed by atoms with Gasteiger partial charge in [0.25, 0.3) is 0 Å². The van der Waals surface area contributed by atoms with Gasteiger partial charge in [-0.3, -0.25) is 5.10 Å². The van der Waals surface area contributed by atoms with E-state index in [1.807, 2.05) is 0 Å². The molecule has 2 aromatic rings. The average molecular weight is 301 g/mol. The van der Waals surface area contributed by atoms with Gasteiger partial charge in [0.1, 0.15) is 10.7 Å². The minimum atomic E-state index is -3.65. The predicted molar refractivity (Wildman–Crippen MR) is 71.2 cm³/mol. The lowest BCUT2D eigenvalue weighted by atomic mass is 10.4. The minimum absolute atomic E-state index is 0.0754. The normalized spacial score (nSPS) is 12.0. The van der Waals surface area contributed by atoms with Crippen LogP contribution < -0.4 is 0 Å². The third-order valence-corrected chi connectivity index (χ3v) is 4.84. The number of H-pyrrole nitrogens is 1. The van der Waals surface area contributed by atoms with Gasteiger partial charge in [0.05, 0.1) is 11.6 Å². The van der Waals surface area contributed by atoms with Crippen LogP contribution in [0.2, 0.25) is 5.02 Å². The van der Waals surface area contributed by atoms with Crippen molar-refractivity contribution in [3.63, 3.8) is 0 Å². The molecule has 0 unspecified atom stereocenters. The van der Waals surface area contributed by atoms with Gasteiger partial charge in [0, 0.05) is 7.05 Å². The summed E-state index contributed by atoms with van der Waals surface area (Å²) < 4.78 is 25.8. The largest absolute Gasteiger partial charge is 0.263 e. The Hall–Kier alpha value is -1.44. The molecule has 1 heterocycles. The monoisotopic (exact) mass is 300 g/mol. The molecule has 0 atom stereocenters. The molecule has 0 saturated heterocycles. The van der Waals surface area contributed by atoms with E-state index in [0.29, 0.717) is 11.6 Å². The second kappa shape index (κ2) is 5.28. The maximum atomic E-state index is 12.3. The van der Waals surface area contributed by atoms with Crippen LogP contribution in [0.15, 0.2) is 29.2 Å².